The third-order valence-electron chi connectivity index (χ3n) is 4.67. The van der Waals surface area contributed by atoms with Gasteiger partial charge in [0.1, 0.15) is 0 Å². The number of rotatable bonds is 7. The fourth-order valence-electron chi connectivity index (χ4n) is 3.15. The van der Waals surface area contributed by atoms with Crippen LogP contribution in [0.3, 0.4) is 0 Å². The number of carbonyl (C=O) groups excluding carboxylic acids is 3. The third kappa shape index (κ3) is 6.81. The summed E-state index contributed by atoms with van der Waals surface area (Å²) in [5.74, 6) is -0.395. The number of methoxy groups -OCH3 is 2. The van der Waals surface area contributed by atoms with Gasteiger partial charge < -0.3 is 19.5 Å². The zero-order valence-electron chi connectivity index (χ0n) is 17.0. The molecule has 8 heteroatoms. The predicted molar refractivity (Wildman–Crippen MR) is 108 cm³/mol. The molecule has 0 aliphatic heterocycles. The molecule has 158 valence electrons. The van der Waals surface area contributed by atoms with Crippen molar-refractivity contribution in [1.82, 2.24) is 10.6 Å². The first-order valence-electron chi connectivity index (χ1n) is 9.65. The Bertz CT molecular complexity index is 756. The van der Waals surface area contributed by atoms with Crippen molar-refractivity contribution in [1.29, 1.82) is 0 Å². The van der Waals surface area contributed by atoms with Crippen LogP contribution in [0.5, 0.6) is 11.5 Å². The molecule has 2 N–H and O–H groups in total. The molecule has 0 spiro atoms. The number of urea groups is 1. The van der Waals surface area contributed by atoms with Gasteiger partial charge in [-0.15, -0.1) is 0 Å². The highest BCUT2D eigenvalue weighted by atomic mass is 16.5. The molecule has 1 aromatic rings. The summed E-state index contributed by atoms with van der Waals surface area (Å²) in [5.41, 5.74) is 0.618. The third-order valence-corrected chi connectivity index (χ3v) is 4.67. The van der Waals surface area contributed by atoms with Crippen LogP contribution in [0.1, 0.15) is 44.6 Å². The summed E-state index contributed by atoms with van der Waals surface area (Å²) in [6, 6.07) is 4.75. The highest BCUT2D eigenvalue weighted by Crippen LogP contribution is 2.31. The maximum absolute atomic E-state index is 12.1. The van der Waals surface area contributed by atoms with Gasteiger partial charge in [0.15, 0.2) is 17.6 Å². The molecule has 2 rings (SSSR count). The number of carbonyl (C=O) groups is 3. The van der Waals surface area contributed by atoms with E-state index in [1.807, 2.05) is 0 Å². The summed E-state index contributed by atoms with van der Waals surface area (Å²) in [6.07, 6.45) is 6.69. The Morgan fingerprint density at radius 1 is 1.10 bits per heavy atom. The Hall–Kier alpha value is -3.03. The van der Waals surface area contributed by atoms with Gasteiger partial charge in [-0.25, -0.2) is 9.59 Å². The maximum atomic E-state index is 12.1. The standard InChI is InChI=1S/C21H28N2O6/c1-14(20(25)23-21(26)22-16-9-5-4-6-10-16)29-18(24)13-12-15-8-7-11-17(27-2)19(15)28-3/h7-8,11-14,16H,4-6,9-10H2,1-3H3,(H2,22,23,25,26)/b13-12+/t14-/m1/s1. The van der Waals surface area contributed by atoms with Gasteiger partial charge in [0, 0.05) is 17.7 Å². The normalized spacial score (nSPS) is 15.4. The van der Waals surface area contributed by atoms with Crippen LogP contribution in [0.2, 0.25) is 0 Å². The molecule has 0 unspecified atom stereocenters. The average molecular weight is 404 g/mol. The molecule has 1 aromatic carbocycles. The smallest absolute Gasteiger partial charge is 0.331 e. The SMILES string of the molecule is COc1cccc(/C=C/C(=O)O[C@H](C)C(=O)NC(=O)NC2CCCCC2)c1OC. The fourth-order valence-corrected chi connectivity index (χ4v) is 3.15. The summed E-state index contributed by atoms with van der Waals surface area (Å²) in [4.78, 5) is 36.0. The highest BCUT2D eigenvalue weighted by Gasteiger charge is 2.21. The molecule has 0 saturated heterocycles. The Morgan fingerprint density at radius 3 is 2.48 bits per heavy atom. The van der Waals surface area contributed by atoms with Crippen molar-refractivity contribution in [2.24, 2.45) is 0 Å². The molecule has 1 fully saturated rings. The van der Waals surface area contributed by atoms with E-state index in [1.54, 1.807) is 18.2 Å². The van der Waals surface area contributed by atoms with Crippen LogP contribution in [0, 0.1) is 0 Å². The second-order valence-electron chi connectivity index (χ2n) is 6.79. The molecule has 3 amide bonds. The summed E-state index contributed by atoms with van der Waals surface area (Å²) in [7, 11) is 3.02. The summed E-state index contributed by atoms with van der Waals surface area (Å²) in [5, 5.41) is 4.99. The van der Waals surface area contributed by atoms with E-state index in [-0.39, 0.29) is 6.04 Å². The molecule has 8 nitrogen and oxygen atoms in total. The minimum Gasteiger partial charge on any atom is -0.493 e. The lowest BCUT2D eigenvalue weighted by atomic mass is 9.96. The van der Waals surface area contributed by atoms with E-state index >= 15 is 0 Å². The lowest BCUT2D eigenvalue weighted by Gasteiger charge is -2.23. The van der Waals surface area contributed by atoms with Gasteiger partial charge >= 0.3 is 12.0 Å². The van der Waals surface area contributed by atoms with Crippen molar-refractivity contribution in [3.05, 3.63) is 29.8 Å². The largest absolute Gasteiger partial charge is 0.493 e. The maximum Gasteiger partial charge on any atom is 0.331 e. The van der Waals surface area contributed by atoms with Gasteiger partial charge in [0.25, 0.3) is 5.91 Å². The van der Waals surface area contributed by atoms with Gasteiger partial charge in [-0.3, -0.25) is 10.1 Å². The van der Waals surface area contributed by atoms with Crippen molar-refractivity contribution in [3.8, 4) is 11.5 Å². The van der Waals surface area contributed by atoms with E-state index in [0.717, 1.165) is 25.7 Å². The molecular weight excluding hydrogens is 376 g/mol. The molecule has 0 radical (unpaired) electrons. The molecule has 0 aromatic heterocycles. The number of benzene rings is 1. The monoisotopic (exact) mass is 404 g/mol. The van der Waals surface area contributed by atoms with Crippen molar-refractivity contribution < 1.29 is 28.6 Å². The number of ether oxygens (including phenoxy) is 3. The second-order valence-corrected chi connectivity index (χ2v) is 6.79. The minimum absolute atomic E-state index is 0.0789. The zero-order chi connectivity index (χ0) is 21.2. The van der Waals surface area contributed by atoms with Gasteiger partial charge in [0.05, 0.1) is 14.2 Å². The van der Waals surface area contributed by atoms with Gasteiger partial charge in [-0.2, -0.15) is 0 Å². The van der Waals surface area contributed by atoms with Crippen LogP contribution < -0.4 is 20.1 Å². The van der Waals surface area contributed by atoms with E-state index in [1.165, 1.54) is 39.7 Å². The Morgan fingerprint density at radius 2 is 1.83 bits per heavy atom. The van der Waals surface area contributed by atoms with Crippen molar-refractivity contribution in [2.45, 2.75) is 51.2 Å². The average Bonchev–Trinajstić information content (AvgIpc) is 2.72. The number of hydrogen-bond acceptors (Lipinski definition) is 6. The molecule has 1 aliphatic rings. The molecule has 1 atom stereocenters. The second kappa shape index (κ2) is 11.1. The number of para-hydroxylation sites is 1. The topological polar surface area (TPSA) is 103 Å². The van der Waals surface area contributed by atoms with Gasteiger partial charge in [-0.05, 0) is 31.9 Å². The van der Waals surface area contributed by atoms with Gasteiger partial charge in [0.2, 0.25) is 0 Å². The van der Waals surface area contributed by atoms with Crippen molar-refractivity contribution in [2.75, 3.05) is 14.2 Å². The number of amides is 3. The molecule has 1 saturated carbocycles. The molecular formula is C21H28N2O6. The summed E-state index contributed by atoms with van der Waals surface area (Å²) >= 11 is 0. The van der Waals surface area contributed by atoms with E-state index in [4.69, 9.17) is 14.2 Å². The van der Waals surface area contributed by atoms with Crippen molar-refractivity contribution in [3.63, 3.8) is 0 Å². The van der Waals surface area contributed by atoms with Gasteiger partial charge in [-0.1, -0.05) is 31.4 Å². The quantitative estimate of drug-likeness (QED) is 0.535. The Kier molecular flexibility index (Phi) is 8.51. The summed E-state index contributed by atoms with van der Waals surface area (Å²) in [6.45, 7) is 1.40. The van der Waals surface area contributed by atoms with E-state index in [2.05, 4.69) is 10.6 Å². The Balaban J connectivity index is 1.85. The predicted octanol–water partition coefficient (Wildman–Crippen LogP) is 2.81. The van der Waals surface area contributed by atoms with Crippen LogP contribution >= 0.6 is 0 Å². The first-order valence-corrected chi connectivity index (χ1v) is 9.65. The van der Waals surface area contributed by atoms with E-state index < -0.39 is 24.0 Å². The number of hydrogen-bond donors (Lipinski definition) is 2. The lowest BCUT2D eigenvalue weighted by Crippen LogP contribution is -2.48. The highest BCUT2D eigenvalue weighted by molar-refractivity contribution is 5.98. The number of esters is 1. The molecule has 0 bridgehead atoms. The molecule has 29 heavy (non-hydrogen) atoms. The van der Waals surface area contributed by atoms with Crippen molar-refractivity contribution >= 4 is 24.0 Å². The summed E-state index contributed by atoms with van der Waals surface area (Å²) < 4.78 is 15.6. The minimum atomic E-state index is -1.11. The Labute approximate surface area is 170 Å². The van der Waals surface area contributed by atoms with Crippen LogP contribution in [-0.2, 0) is 14.3 Å². The fraction of sp³-hybridized carbons (Fsp3) is 0.476. The van der Waals surface area contributed by atoms with Crippen LogP contribution in [0.25, 0.3) is 6.08 Å². The molecule has 0 heterocycles. The van der Waals surface area contributed by atoms with Crippen LogP contribution in [-0.4, -0.2) is 44.3 Å². The van der Waals surface area contributed by atoms with E-state index in [0.29, 0.717) is 17.1 Å². The van der Waals surface area contributed by atoms with Crippen LogP contribution in [0.4, 0.5) is 4.79 Å². The molecule has 1 aliphatic carbocycles. The van der Waals surface area contributed by atoms with E-state index in [9.17, 15) is 14.4 Å². The zero-order valence-corrected chi connectivity index (χ0v) is 17.0. The van der Waals surface area contributed by atoms with Crippen LogP contribution in [0.15, 0.2) is 24.3 Å². The first-order chi connectivity index (χ1) is 13.9. The first kappa shape index (κ1) is 22.3. The lowest BCUT2D eigenvalue weighted by molar-refractivity contribution is -0.149. The number of nitrogens with one attached hydrogen (secondary N) is 2. The number of imide groups is 1.